The molecule has 2 nitrogen and oxygen atoms in total. The molecular weight excluding hydrogens is 200 g/mol. The maximum absolute atomic E-state index is 10.7. The van der Waals surface area contributed by atoms with Crippen LogP contribution in [0.25, 0.3) is 0 Å². The lowest BCUT2D eigenvalue weighted by atomic mass is 9.86. The fraction of sp³-hybridized carbons (Fsp3) is 0.500. The molecule has 0 radical (unpaired) electrons. The molecule has 1 rings (SSSR count). The van der Waals surface area contributed by atoms with Crippen LogP contribution in [-0.2, 0) is 9.53 Å². The second-order valence-electron chi connectivity index (χ2n) is 4.39. The fourth-order valence-corrected chi connectivity index (χ4v) is 1.91. The first kappa shape index (κ1) is 12.8. The van der Waals surface area contributed by atoms with Crippen molar-refractivity contribution in [1.82, 2.24) is 0 Å². The molecule has 0 aliphatic carbocycles. The van der Waals surface area contributed by atoms with E-state index in [2.05, 4.69) is 38.1 Å². The topological polar surface area (TPSA) is 26.3 Å². The Labute approximate surface area is 97.6 Å². The van der Waals surface area contributed by atoms with Gasteiger partial charge in [-0.25, -0.2) is 0 Å². The summed E-state index contributed by atoms with van der Waals surface area (Å²) in [6.45, 7) is 6.36. The summed E-state index contributed by atoms with van der Waals surface area (Å²) in [5.74, 6) is 0.814. The van der Waals surface area contributed by atoms with Gasteiger partial charge in [-0.3, -0.25) is 4.79 Å². The molecule has 0 fully saturated rings. The van der Waals surface area contributed by atoms with Crippen molar-refractivity contribution in [2.45, 2.75) is 33.1 Å². The monoisotopic (exact) mass is 220 g/mol. The predicted molar refractivity (Wildman–Crippen MR) is 65.3 cm³/mol. The predicted octanol–water partition coefficient (Wildman–Crippen LogP) is 3.38. The van der Waals surface area contributed by atoms with Gasteiger partial charge in [0, 0.05) is 6.92 Å². The summed E-state index contributed by atoms with van der Waals surface area (Å²) < 4.78 is 5.01. The maximum atomic E-state index is 10.7. The first-order chi connectivity index (χ1) is 7.61. The third-order valence-electron chi connectivity index (χ3n) is 2.77. The Kier molecular flexibility index (Phi) is 5.03. The molecule has 0 heterocycles. The highest BCUT2D eigenvalue weighted by molar-refractivity contribution is 5.65. The molecule has 0 aliphatic heterocycles. The molecule has 16 heavy (non-hydrogen) atoms. The Hall–Kier alpha value is -1.31. The highest BCUT2D eigenvalue weighted by atomic mass is 16.5. The molecule has 0 bridgehead atoms. The lowest BCUT2D eigenvalue weighted by molar-refractivity contribution is -0.141. The van der Waals surface area contributed by atoms with E-state index >= 15 is 0 Å². The Morgan fingerprint density at radius 2 is 1.88 bits per heavy atom. The van der Waals surface area contributed by atoms with Gasteiger partial charge < -0.3 is 4.74 Å². The van der Waals surface area contributed by atoms with E-state index in [1.54, 1.807) is 0 Å². The molecule has 0 N–H and O–H groups in total. The minimum Gasteiger partial charge on any atom is -0.466 e. The van der Waals surface area contributed by atoms with Crippen molar-refractivity contribution in [2.24, 2.45) is 5.92 Å². The van der Waals surface area contributed by atoms with Crippen LogP contribution in [0.1, 0.15) is 38.7 Å². The van der Waals surface area contributed by atoms with Crippen LogP contribution in [0.2, 0.25) is 0 Å². The number of esters is 1. The zero-order valence-corrected chi connectivity index (χ0v) is 10.3. The average molecular weight is 220 g/mol. The first-order valence-electron chi connectivity index (χ1n) is 5.79. The van der Waals surface area contributed by atoms with Crippen LogP contribution in [-0.4, -0.2) is 12.6 Å². The maximum Gasteiger partial charge on any atom is 0.302 e. The van der Waals surface area contributed by atoms with Gasteiger partial charge in [0.1, 0.15) is 0 Å². The number of carbonyl (C=O) groups is 1. The summed E-state index contributed by atoms with van der Waals surface area (Å²) in [4.78, 5) is 10.7. The summed E-state index contributed by atoms with van der Waals surface area (Å²) in [6, 6.07) is 10.4. The van der Waals surface area contributed by atoms with Crippen LogP contribution in [0.15, 0.2) is 30.3 Å². The van der Waals surface area contributed by atoms with Gasteiger partial charge in [-0.05, 0) is 23.8 Å². The number of ether oxygens (including phenoxy) is 1. The molecule has 0 saturated carbocycles. The van der Waals surface area contributed by atoms with Crippen molar-refractivity contribution < 1.29 is 9.53 Å². The van der Waals surface area contributed by atoms with Gasteiger partial charge in [-0.15, -0.1) is 0 Å². The first-order valence-corrected chi connectivity index (χ1v) is 5.79. The largest absolute Gasteiger partial charge is 0.466 e. The summed E-state index contributed by atoms with van der Waals surface area (Å²) in [7, 11) is 0. The number of hydrogen-bond acceptors (Lipinski definition) is 2. The second kappa shape index (κ2) is 6.31. The van der Waals surface area contributed by atoms with Crippen LogP contribution in [0.3, 0.4) is 0 Å². The van der Waals surface area contributed by atoms with Crippen molar-refractivity contribution >= 4 is 5.97 Å². The van der Waals surface area contributed by atoms with Gasteiger partial charge in [-0.1, -0.05) is 44.2 Å². The lowest BCUT2D eigenvalue weighted by Crippen LogP contribution is -2.11. The van der Waals surface area contributed by atoms with Gasteiger partial charge in [0.2, 0.25) is 0 Å². The molecule has 1 aromatic carbocycles. The Bertz CT molecular complexity index is 317. The number of carbonyl (C=O) groups excluding carboxylic acids is 1. The number of benzene rings is 1. The Morgan fingerprint density at radius 1 is 1.25 bits per heavy atom. The molecule has 2 heteroatoms. The standard InChI is InChI=1S/C14H20O2/c1-11(2)14(9-10-16-12(3)15)13-7-5-4-6-8-13/h4-8,11,14H,9-10H2,1-3H3. The summed E-state index contributed by atoms with van der Waals surface area (Å²) in [6.07, 6.45) is 0.890. The lowest BCUT2D eigenvalue weighted by Gasteiger charge is -2.21. The van der Waals surface area contributed by atoms with Gasteiger partial charge in [0.25, 0.3) is 0 Å². The second-order valence-corrected chi connectivity index (χ2v) is 4.39. The quantitative estimate of drug-likeness (QED) is 0.711. The van der Waals surface area contributed by atoms with Gasteiger partial charge >= 0.3 is 5.97 Å². The third-order valence-corrected chi connectivity index (χ3v) is 2.77. The molecule has 88 valence electrons. The zero-order chi connectivity index (χ0) is 12.0. The summed E-state index contributed by atoms with van der Waals surface area (Å²) >= 11 is 0. The van der Waals surface area contributed by atoms with Crippen molar-refractivity contribution in [3.63, 3.8) is 0 Å². The molecule has 0 spiro atoms. The molecule has 0 aliphatic rings. The molecule has 0 amide bonds. The average Bonchev–Trinajstić information content (AvgIpc) is 2.25. The van der Waals surface area contributed by atoms with Crippen LogP contribution in [0.4, 0.5) is 0 Å². The van der Waals surface area contributed by atoms with Crippen molar-refractivity contribution in [3.8, 4) is 0 Å². The highest BCUT2D eigenvalue weighted by Crippen LogP contribution is 2.27. The number of hydrogen-bond donors (Lipinski definition) is 0. The summed E-state index contributed by atoms with van der Waals surface area (Å²) in [5, 5.41) is 0. The van der Waals surface area contributed by atoms with E-state index in [4.69, 9.17) is 4.74 Å². The highest BCUT2D eigenvalue weighted by Gasteiger charge is 2.15. The van der Waals surface area contributed by atoms with Crippen molar-refractivity contribution in [2.75, 3.05) is 6.61 Å². The minimum atomic E-state index is -0.199. The van der Waals surface area contributed by atoms with E-state index in [1.807, 2.05) is 6.07 Å². The zero-order valence-electron chi connectivity index (χ0n) is 10.3. The van der Waals surface area contributed by atoms with E-state index in [1.165, 1.54) is 12.5 Å². The summed E-state index contributed by atoms with van der Waals surface area (Å²) in [5.41, 5.74) is 1.32. The molecule has 1 aromatic rings. The third kappa shape index (κ3) is 4.05. The van der Waals surface area contributed by atoms with E-state index in [9.17, 15) is 4.79 Å². The van der Waals surface area contributed by atoms with Crippen molar-refractivity contribution in [1.29, 1.82) is 0 Å². The van der Waals surface area contributed by atoms with Crippen molar-refractivity contribution in [3.05, 3.63) is 35.9 Å². The van der Waals surface area contributed by atoms with Gasteiger partial charge in [0.15, 0.2) is 0 Å². The van der Waals surface area contributed by atoms with Crippen LogP contribution < -0.4 is 0 Å². The Morgan fingerprint density at radius 3 is 2.38 bits per heavy atom. The minimum absolute atomic E-state index is 0.199. The molecular formula is C14H20O2. The SMILES string of the molecule is CC(=O)OCCC(c1ccccc1)C(C)C. The molecule has 0 saturated heterocycles. The smallest absolute Gasteiger partial charge is 0.302 e. The van der Waals surface area contributed by atoms with Crippen LogP contribution in [0.5, 0.6) is 0 Å². The van der Waals surface area contributed by atoms with Crippen LogP contribution in [0, 0.1) is 5.92 Å². The van der Waals surface area contributed by atoms with Gasteiger partial charge in [-0.2, -0.15) is 0 Å². The molecule has 1 unspecified atom stereocenters. The van der Waals surface area contributed by atoms with Crippen LogP contribution >= 0.6 is 0 Å². The van der Waals surface area contributed by atoms with E-state index in [-0.39, 0.29) is 5.97 Å². The molecule has 1 atom stereocenters. The van der Waals surface area contributed by atoms with Gasteiger partial charge in [0.05, 0.1) is 6.61 Å². The van der Waals surface area contributed by atoms with E-state index in [0.717, 1.165) is 6.42 Å². The fourth-order valence-electron chi connectivity index (χ4n) is 1.91. The normalized spacial score (nSPS) is 12.5. The van der Waals surface area contributed by atoms with E-state index in [0.29, 0.717) is 18.4 Å². The Balaban J connectivity index is 2.58. The number of rotatable bonds is 5. The molecule has 0 aromatic heterocycles. The van der Waals surface area contributed by atoms with E-state index < -0.39 is 0 Å².